The average molecular weight is 259 g/mol. The van der Waals surface area contributed by atoms with Crippen molar-refractivity contribution in [3.05, 3.63) is 53.5 Å². The van der Waals surface area contributed by atoms with E-state index in [1.165, 1.54) is 23.9 Å². The van der Waals surface area contributed by atoms with Crippen molar-refractivity contribution in [3.8, 4) is 6.07 Å². The molecular formula is C13H10FN3S. The quantitative estimate of drug-likeness (QED) is 0.861. The van der Waals surface area contributed by atoms with Crippen molar-refractivity contribution in [2.24, 2.45) is 0 Å². The fourth-order valence-electron chi connectivity index (χ4n) is 1.44. The molecule has 0 radical (unpaired) electrons. The maximum atomic E-state index is 13.2. The topological polar surface area (TPSA) is 62.7 Å². The summed E-state index contributed by atoms with van der Waals surface area (Å²) in [4.78, 5) is 4.92. The van der Waals surface area contributed by atoms with Crippen LogP contribution in [0.4, 0.5) is 10.2 Å². The first-order valence-corrected chi connectivity index (χ1v) is 6.20. The van der Waals surface area contributed by atoms with E-state index in [1.54, 1.807) is 18.3 Å². The Morgan fingerprint density at radius 2 is 2.17 bits per heavy atom. The maximum absolute atomic E-state index is 13.2. The summed E-state index contributed by atoms with van der Waals surface area (Å²) in [6.07, 6.45) is 1.67. The van der Waals surface area contributed by atoms with E-state index in [1.807, 2.05) is 12.1 Å². The zero-order valence-corrected chi connectivity index (χ0v) is 10.2. The van der Waals surface area contributed by atoms with Crippen molar-refractivity contribution in [3.63, 3.8) is 0 Å². The summed E-state index contributed by atoms with van der Waals surface area (Å²) >= 11 is 1.52. The summed E-state index contributed by atoms with van der Waals surface area (Å²) in [5, 5.41) is 8.75. The number of nitriles is 1. The second kappa shape index (κ2) is 5.52. The van der Waals surface area contributed by atoms with Gasteiger partial charge in [0.05, 0.1) is 11.6 Å². The van der Waals surface area contributed by atoms with E-state index in [9.17, 15) is 4.39 Å². The minimum Gasteiger partial charge on any atom is -0.384 e. The molecule has 2 aromatic rings. The smallest absolute Gasteiger partial charge is 0.124 e. The van der Waals surface area contributed by atoms with Crippen LogP contribution in [-0.4, -0.2) is 4.98 Å². The van der Waals surface area contributed by atoms with Crippen LogP contribution in [0.1, 0.15) is 11.1 Å². The third kappa shape index (κ3) is 3.22. The summed E-state index contributed by atoms with van der Waals surface area (Å²) in [5.41, 5.74) is 6.59. The zero-order chi connectivity index (χ0) is 13.0. The lowest BCUT2D eigenvalue weighted by Gasteiger charge is -2.03. The Labute approximate surface area is 108 Å². The minimum atomic E-state index is -0.389. The number of nitrogens with zero attached hydrogens (tertiary/aromatic N) is 2. The Morgan fingerprint density at radius 3 is 2.83 bits per heavy atom. The molecule has 2 rings (SSSR count). The van der Waals surface area contributed by atoms with Gasteiger partial charge >= 0.3 is 0 Å². The highest BCUT2D eigenvalue weighted by Gasteiger charge is 2.02. The molecule has 1 aromatic carbocycles. The highest BCUT2D eigenvalue weighted by atomic mass is 32.2. The third-order valence-corrected chi connectivity index (χ3v) is 3.30. The van der Waals surface area contributed by atoms with Crippen molar-refractivity contribution < 1.29 is 4.39 Å². The first-order chi connectivity index (χ1) is 8.67. The molecule has 3 nitrogen and oxygen atoms in total. The van der Waals surface area contributed by atoms with Gasteiger partial charge in [-0.05, 0) is 35.9 Å². The fourth-order valence-corrected chi connectivity index (χ4v) is 2.23. The molecule has 18 heavy (non-hydrogen) atoms. The molecule has 5 heteroatoms. The summed E-state index contributed by atoms with van der Waals surface area (Å²) in [6.45, 7) is 0. The van der Waals surface area contributed by atoms with Gasteiger partial charge in [0, 0.05) is 16.8 Å². The number of pyridine rings is 1. The van der Waals surface area contributed by atoms with Gasteiger partial charge in [-0.15, -0.1) is 11.8 Å². The third-order valence-electron chi connectivity index (χ3n) is 2.25. The van der Waals surface area contributed by atoms with Crippen LogP contribution >= 0.6 is 11.8 Å². The first kappa shape index (κ1) is 12.4. The molecule has 0 bridgehead atoms. The van der Waals surface area contributed by atoms with Gasteiger partial charge in [-0.25, -0.2) is 9.37 Å². The summed E-state index contributed by atoms with van der Waals surface area (Å²) in [5.74, 6) is 0.662. The molecular weight excluding hydrogens is 249 g/mol. The molecule has 0 fully saturated rings. The predicted octanol–water partition coefficient (Wildman–Crippen LogP) is 2.97. The van der Waals surface area contributed by atoms with E-state index in [0.29, 0.717) is 17.1 Å². The Bertz CT molecular complexity index is 590. The second-order valence-electron chi connectivity index (χ2n) is 3.67. The minimum absolute atomic E-state index is 0.334. The van der Waals surface area contributed by atoms with Crippen LogP contribution in [0, 0.1) is 17.1 Å². The number of thioether (sulfide) groups is 1. The largest absolute Gasteiger partial charge is 0.384 e. The van der Waals surface area contributed by atoms with Crippen molar-refractivity contribution >= 4 is 17.6 Å². The van der Waals surface area contributed by atoms with Crippen molar-refractivity contribution in [1.29, 1.82) is 5.26 Å². The molecule has 1 heterocycles. The summed E-state index contributed by atoms with van der Waals surface area (Å²) in [6, 6.07) is 9.84. The first-order valence-electron chi connectivity index (χ1n) is 5.21. The molecule has 0 unspecified atom stereocenters. The molecule has 0 saturated carbocycles. The SMILES string of the molecule is N#Cc1cc(F)cc(CSc2ccc(N)nc2)c1. The van der Waals surface area contributed by atoms with Gasteiger partial charge < -0.3 is 5.73 Å². The van der Waals surface area contributed by atoms with Crippen molar-refractivity contribution in [2.45, 2.75) is 10.6 Å². The van der Waals surface area contributed by atoms with Gasteiger partial charge in [-0.2, -0.15) is 5.26 Å². The van der Waals surface area contributed by atoms with Crippen molar-refractivity contribution in [1.82, 2.24) is 4.98 Å². The lowest BCUT2D eigenvalue weighted by molar-refractivity contribution is 0.626. The van der Waals surface area contributed by atoms with E-state index in [4.69, 9.17) is 11.0 Å². The number of aromatic nitrogens is 1. The Kier molecular flexibility index (Phi) is 3.80. The van der Waals surface area contributed by atoms with E-state index in [0.717, 1.165) is 10.5 Å². The molecule has 0 aliphatic rings. The lowest BCUT2D eigenvalue weighted by atomic mass is 10.1. The number of anilines is 1. The Balaban J connectivity index is 2.08. The van der Waals surface area contributed by atoms with Crippen LogP contribution in [-0.2, 0) is 5.75 Å². The van der Waals surface area contributed by atoms with Crippen LogP contribution in [0.25, 0.3) is 0 Å². The van der Waals surface area contributed by atoms with E-state index in [2.05, 4.69) is 4.98 Å². The molecule has 1 aromatic heterocycles. The van der Waals surface area contributed by atoms with Crippen LogP contribution in [0.3, 0.4) is 0 Å². The fraction of sp³-hybridized carbons (Fsp3) is 0.0769. The van der Waals surface area contributed by atoms with Gasteiger partial charge in [-0.1, -0.05) is 0 Å². The number of nitrogen functional groups attached to an aromatic ring is 1. The van der Waals surface area contributed by atoms with E-state index >= 15 is 0 Å². The van der Waals surface area contributed by atoms with E-state index in [-0.39, 0.29) is 5.82 Å². The van der Waals surface area contributed by atoms with Crippen LogP contribution in [0.15, 0.2) is 41.4 Å². The van der Waals surface area contributed by atoms with Crippen LogP contribution < -0.4 is 5.73 Å². The van der Waals surface area contributed by atoms with E-state index < -0.39 is 0 Å². The molecule has 90 valence electrons. The monoisotopic (exact) mass is 259 g/mol. The number of halogens is 1. The number of hydrogen-bond acceptors (Lipinski definition) is 4. The number of benzene rings is 1. The number of rotatable bonds is 3. The molecule has 0 aliphatic heterocycles. The van der Waals surface area contributed by atoms with Gasteiger partial charge in [0.15, 0.2) is 0 Å². The van der Waals surface area contributed by atoms with Crippen LogP contribution in [0.5, 0.6) is 0 Å². The van der Waals surface area contributed by atoms with Crippen LogP contribution in [0.2, 0.25) is 0 Å². The highest BCUT2D eigenvalue weighted by molar-refractivity contribution is 7.98. The Hall–Kier alpha value is -2.06. The zero-order valence-electron chi connectivity index (χ0n) is 9.43. The highest BCUT2D eigenvalue weighted by Crippen LogP contribution is 2.23. The predicted molar refractivity (Wildman–Crippen MR) is 69.3 cm³/mol. The number of nitrogens with two attached hydrogens (primary N) is 1. The molecule has 0 atom stereocenters. The molecule has 0 saturated heterocycles. The molecule has 0 spiro atoms. The molecule has 0 amide bonds. The normalized spacial score (nSPS) is 10.0. The van der Waals surface area contributed by atoms with Crippen molar-refractivity contribution in [2.75, 3.05) is 5.73 Å². The summed E-state index contributed by atoms with van der Waals surface area (Å²) in [7, 11) is 0. The standard InChI is InChI=1S/C13H10FN3S/c14-11-4-9(6-15)3-10(5-11)8-18-12-1-2-13(16)17-7-12/h1-5,7H,8H2,(H2,16,17). The van der Waals surface area contributed by atoms with Gasteiger partial charge in [0.1, 0.15) is 11.6 Å². The second-order valence-corrected chi connectivity index (χ2v) is 4.72. The maximum Gasteiger partial charge on any atom is 0.124 e. The molecule has 2 N–H and O–H groups in total. The van der Waals surface area contributed by atoms with Gasteiger partial charge in [0.25, 0.3) is 0 Å². The number of hydrogen-bond donors (Lipinski definition) is 1. The van der Waals surface area contributed by atoms with Gasteiger partial charge in [-0.3, -0.25) is 0 Å². The average Bonchev–Trinajstić information content (AvgIpc) is 2.37. The Morgan fingerprint density at radius 1 is 1.33 bits per heavy atom. The van der Waals surface area contributed by atoms with Gasteiger partial charge in [0.2, 0.25) is 0 Å². The summed E-state index contributed by atoms with van der Waals surface area (Å²) < 4.78 is 13.2. The molecule has 0 aliphatic carbocycles. The lowest BCUT2D eigenvalue weighted by Crippen LogP contribution is -1.89.